The van der Waals surface area contributed by atoms with Crippen LogP contribution < -0.4 is 0 Å². The minimum atomic E-state index is -4.57. The number of imidazole rings is 1. The van der Waals surface area contributed by atoms with Gasteiger partial charge in [0.25, 0.3) is 0 Å². The number of ketones is 1. The van der Waals surface area contributed by atoms with Crippen LogP contribution in [0.1, 0.15) is 23.2 Å². The zero-order valence-electron chi connectivity index (χ0n) is 9.04. The Balaban J connectivity index is 2.85. The molecule has 4 nitrogen and oxygen atoms in total. The molecule has 0 saturated heterocycles. The van der Waals surface area contributed by atoms with Crippen LogP contribution in [0.4, 0.5) is 13.2 Å². The maximum absolute atomic E-state index is 12.7. The van der Waals surface area contributed by atoms with E-state index in [-0.39, 0.29) is 16.9 Å². The van der Waals surface area contributed by atoms with Gasteiger partial charge in [-0.15, -0.1) is 0 Å². The number of hydrogen-bond acceptors (Lipinski definition) is 3. The highest BCUT2D eigenvalue weighted by Crippen LogP contribution is 2.32. The summed E-state index contributed by atoms with van der Waals surface area (Å²) in [5, 5.41) is 0. The summed E-state index contributed by atoms with van der Waals surface area (Å²) in [4.78, 5) is 18.4. The van der Waals surface area contributed by atoms with Gasteiger partial charge in [-0.05, 0) is 6.07 Å². The predicted molar refractivity (Wildman–Crippen MR) is 53.5 cm³/mol. The van der Waals surface area contributed by atoms with Crippen LogP contribution in [0.3, 0.4) is 0 Å². The fourth-order valence-electron chi connectivity index (χ4n) is 1.68. The van der Waals surface area contributed by atoms with Gasteiger partial charge in [0.2, 0.25) is 0 Å². The summed E-state index contributed by atoms with van der Waals surface area (Å²) in [5.74, 6) is -0.407. The largest absolute Gasteiger partial charge is 0.435 e. The van der Waals surface area contributed by atoms with Gasteiger partial charge in [-0.3, -0.25) is 4.79 Å². The van der Waals surface area contributed by atoms with Crippen molar-refractivity contribution in [3.63, 3.8) is 0 Å². The third-order valence-corrected chi connectivity index (χ3v) is 2.37. The SMILES string of the molecule is CC(=O)c1nc2ccnc(C(F)(F)F)c2n1C. The van der Waals surface area contributed by atoms with E-state index in [0.717, 1.165) is 10.8 Å². The van der Waals surface area contributed by atoms with Crippen LogP contribution in [-0.4, -0.2) is 20.3 Å². The Bertz CT molecular complexity index is 601. The second-order valence-electron chi connectivity index (χ2n) is 3.58. The Morgan fingerprint density at radius 2 is 2.06 bits per heavy atom. The molecule has 0 radical (unpaired) electrons. The van der Waals surface area contributed by atoms with Crippen molar-refractivity contribution >= 4 is 16.8 Å². The Kier molecular flexibility index (Phi) is 2.41. The molecule has 0 bridgehead atoms. The van der Waals surface area contributed by atoms with Crippen molar-refractivity contribution in [1.29, 1.82) is 0 Å². The summed E-state index contributed by atoms with van der Waals surface area (Å²) in [7, 11) is 1.36. The zero-order chi connectivity index (χ0) is 12.8. The Morgan fingerprint density at radius 1 is 1.41 bits per heavy atom. The molecule has 90 valence electrons. The van der Waals surface area contributed by atoms with Crippen LogP contribution in [0.5, 0.6) is 0 Å². The van der Waals surface area contributed by atoms with Crippen molar-refractivity contribution in [2.75, 3.05) is 0 Å². The molecular weight excluding hydrogens is 235 g/mol. The van der Waals surface area contributed by atoms with Gasteiger partial charge in [0.05, 0.1) is 11.0 Å². The first-order chi connectivity index (χ1) is 7.82. The molecule has 0 spiro atoms. The van der Waals surface area contributed by atoms with E-state index in [2.05, 4.69) is 9.97 Å². The van der Waals surface area contributed by atoms with Crippen molar-refractivity contribution in [2.24, 2.45) is 7.05 Å². The summed E-state index contributed by atoms with van der Waals surface area (Å²) in [5.41, 5.74) is -1.09. The van der Waals surface area contributed by atoms with E-state index in [1.807, 2.05) is 0 Å². The lowest BCUT2D eigenvalue weighted by Gasteiger charge is -2.07. The number of aryl methyl sites for hydroxylation is 1. The first kappa shape index (κ1) is 11.6. The van der Waals surface area contributed by atoms with E-state index in [0.29, 0.717) is 0 Å². The number of aromatic nitrogens is 3. The average Bonchev–Trinajstić information content (AvgIpc) is 2.55. The molecule has 2 aromatic rings. The standard InChI is InChI=1S/C10H8F3N3O/c1-5(17)9-15-6-3-4-14-8(10(11,12)13)7(6)16(9)2/h3-4H,1-2H3. The highest BCUT2D eigenvalue weighted by atomic mass is 19.4. The van der Waals surface area contributed by atoms with Crippen molar-refractivity contribution in [3.05, 3.63) is 23.8 Å². The molecule has 2 rings (SSSR count). The number of fused-ring (bicyclic) bond motifs is 1. The first-order valence-corrected chi connectivity index (χ1v) is 4.72. The highest BCUT2D eigenvalue weighted by molar-refractivity contribution is 5.95. The number of carbonyl (C=O) groups is 1. The van der Waals surface area contributed by atoms with Crippen LogP contribution in [0.2, 0.25) is 0 Å². The first-order valence-electron chi connectivity index (χ1n) is 4.72. The number of rotatable bonds is 1. The van der Waals surface area contributed by atoms with Gasteiger partial charge in [0, 0.05) is 20.2 Å². The predicted octanol–water partition coefficient (Wildman–Crippen LogP) is 2.19. The summed E-state index contributed by atoms with van der Waals surface area (Å²) >= 11 is 0. The monoisotopic (exact) mass is 243 g/mol. The molecule has 17 heavy (non-hydrogen) atoms. The third-order valence-electron chi connectivity index (χ3n) is 2.37. The topological polar surface area (TPSA) is 47.8 Å². The number of Topliss-reactive ketones (excluding diaryl/α,β-unsaturated/α-hetero) is 1. The van der Waals surface area contributed by atoms with Gasteiger partial charge in [0.1, 0.15) is 0 Å². The smallest absolute Gasteiger partial charge is 0.323 e. The summed E-state index contributed by atoms with van der Waals surface area (Å²) in [6.07, 6.45) is -3.54. The maximum atomic E-state index is 12.7. The molecule has 0 aromatic carbocycles. The molecule has 7 heteroatoms. The molecule has 0 N–H and O–H groups in total. The molecule has 0 amide bonds. The fourth-order valence-corrected chi connectivity index (χ4v) is 1.68. The molecule has 0 unspecified atom stereocenters. The molecule has 0 aliphatic carbocycles. The van der Waals surface area contributed by atoms with Gasteiger partial charge in [-0.1, -0.05) is 0 Å². The molecule has 0 atom stereocenters. The van der Waals surface area contributed by atoms with Crippen LogP contribution in [0, 0.1) is 0 Å². The lowest BCUT2D eigenvalue weighted by Crippen LogP contribution is -2.11. The number of halogens is 3. The van der Waals surface area contributed by atoms with E-state index in [9.17, 15) is 18.0 Å². The van der Waals surface area contributed by atoms with Crippen molar-refractivity contribution in [2.45, 2.75) is 13.1 Å². The van der Waals surface area contributed by atoms with Crippen molar-refractivity contribution in [1.82, 2.24) is 14.5 Å². The normalized spacial score (nSPS) is 12.1. The van der Waals surface area contributed by atoms with Gasteiger partial charge in [0.15, 0.2) is 17.3 Å². The van der Waals surface area contributed by atoms with Crippen molar-refractivity contribution in [3.8, 4) is 0 Å². The highest BCUT2D eigenvalue weighted by Gasteiger charge is 2.36. The van der Waals surface area contributed by atoms with Crippen LogP contribution >= 0.6 is 0 Å². The summed E-state index contributed by atoms with van der Waals surface area (Å²) < 4.78 is 39.3. The lowest BCUT2D eigenvalue weighted by molar-refractivity contribution is -0.140. The second-order valence-corrected chi connectivity index (χ2v) is 3.58. The van der Waals surface area contributed by atoms with E-state index in [1.54, 1.807) is 0 Å². The average molecular weight is 243 g/mol. The van der Waals surface area contributed by atoms with Crippen molar-refractivity contribution < 1.29 is 18.0 Å². The van der Waals surface area contributed by atoms with Gasteiger partial charge < -0.3 is 4.57 Å². The van der Waals surface area contributed by atoms with Crippen LogP contribution in [0.25, 0.3) is 11.0 Å². The minimum Gasteiger partial charge on any atom is -0.323 e. The maximum Gasteiger partial charge on any atom is 0.435 e. The zero-order valence-corrected chi connectivity index (χ0v) is 9.04. The summed E-state index contributed by atoms with van der Waals surface area (Å²) in [6, 6.07) is 1.34. The minimum absolute atomic E-state index is 0.0153. The lowest BCUT2D eigenvalue weighted by atomic mass is 10.3. The van der Waals surface area contributed by atoms with E-state index < -0.39 is 17.7 Å². The van der Waals surface area contributed by atoms with Crippen LogP contribution in [-0.2, 0) is 13.2 Å². The Morgan fingerprint density at radius 3 is 2.59 bits per heavy atom. The van der Waals surface area contributed by atoms with Gasteiger partial charge in [-0.25, -0.2) is 9.97 Å². The quantitative estimate of drug-likeness (QED) is 0.721. The number of alkyl halides is 3. The number of hydrogen-bond donors (Lipinski definition) is 0. The van der Waals surface area contributed by atoms with E-state index in [1.165, 1.54) is 20.0 Å². The second kappa shape index (κ2) is 3.54. The van der Waals surface area contributed by atoms with E-state index >= 15 is 0 Å². The molecular formula is C10H8F3N3O. The molecule has 0 aliphatic heterocycles. The molecule has 0 saturated carbocycles. The number of carbonyl (C=O) groups excluding carboxylic acids is 1. The Hall–Kier alpha value is -1.92. The van der Waals surface area contributed by atoms with Crippen LogP contribution in [0.15, 0.2) is 12.3 Å². The van der Waals surface area contributed by atoms with Gasteiger partial charge in [-0.2, -0.15) is 13.2 Å². The third kappa shape index (κ3) is 1.77. The van der Waals surface area contributed by atoms with E-state index in [4.69, 9.17) is 0 Å². The van der Waals surface area contributed by atoms with Gasteiger partial charge >= 0.3 is 6.18 Å². The molecule has 2 aromatic heterocycles. The Labute approximate surface area is 94.1 Å². The molecule has 2 heterocycles. The fraction of sp³-hybridized carbons (Fsp3) is 0.300. The molecule has 0 aliphatic rings. The molecule has 0 fully saturated rings. The summed E-state index contributed by atoms with van der Waals surface area (Å²) in [6.45, 7) is 1.25. The number of nitrogens with zero attached hydrogens (tertiary/aromatic N) is 3. The number of pyridine rings is 1.